The third-order valence-corrected chi connectivity index (χ3v) is 3.77. The molecule has 4 heteroatoms. The monoisotopic (exact) mass is 313 g/mol. The van der Waals surface area contributed by atoms with Crippen LogP contribution in [0.4, 0.5) is 0 Å². The molecule has 1 N–H and O–H groups in total. The number of nitrogens with one attached hydrogen (secondary N) is 1. The summed E-state index contributed by atoms with van der Waals surface area (Å²) >= 11 is 5.90. The minimum Gasteiger partial charge on any atom is -0.454 e. The molecule has 1 rings (SSSR count). The van der Waals surface area contributed by atoms with E-state index in [0.717, 1.165) is 6.42 Å². The van der Waals surface area contributed by atoms with E-state index >= 15 is 0 Å². The fourth-order valence-electron chi connectivity index (χ4n) is 2.24. The van der Waals surface area contributed by atoms with Crippen molar-refractivity contribution in [1.29, 1.82) is 0 Å². The van der Waals surface area contributed by atoms with Gasteiger partial charge in [0.05, 0.1) is 5.38 Å². The lowest BCUT2D eigenvalue weighted by Crippen LogP contribution is -2.23. The fraction of sp³-hybridized carbons (Fsp3) is 0.706. The number of halogens is 1. The summed E-state index contributed by atoms with van der Waals surface area (Å²) in [4.78, 5) is 11.8. The van der Waals surface area contributed by atoms with E-state index in [1.165, 1.54) is 44.9 Å². The van der Waals surface area contributed by atoms with Gasteiger partial charge in [0, 0.05) is 6.54 Å². The topological polar surface area (TPSA) is 42.2 Å². The van der Waals surface area contributed by atoms with Gasteiger partial charge in [-0.15, -0.1) is 11.6 Å². The van der Waals surface area contributed by atoms with Gasteiger partial charge in [-0.1, -0.05) is 51.9 Å². The van der Waals surface area contributed by atoms with Crippen LogP contribution in [0.3, 0.4) is 0 Å². The van der Waals surface area contributed by atoms with Gasteiger partial charge in [-0.05, 0) is 25.5 Å². The number of carbonyl (C=O) groups is 1. The van der Waals surface area contributed by atoms with Gasteiger partial charge >= 0.3 is 0 Å². The summed E-state index contributed by atoms with van der Waals surface area (Å²) in [7, 11) is 0. The lowest BCUT2D eigenvalue weighted by atomic mass is 10.1. The Morgan fingerprint density at radius 1 is 1.14 bits per heavy atom. The molecular weight excluding hydrogens is 286 g/mol. The summed E-state index contributed by atoms with van der Waals surface area (Å²) in [6.45, 7) is 4.77. The van der Waals surface area contributed by atoms with Crippen LogP contribution in [-0.4, -0.2) is 12.5 Å². The van der Waals surface area contributed by atoms with Gasteiger partial charge < -0.3 is 9.73 Å². The third-order valence-electron chi connectivity index (χ3n) is 3.56. The Balaban J connectivity index is 2.05. The molecule has 0 aliphatic carbocycles. The molecule has 1 aromatic rings. The molecule has 0 aliphatic rings. The number of unbranched alkanes of at least 4 members (excludes halogenated alkanes) is 7. The van der Waals surface area contributed by atoms with Gasteiger partial charge in [-0.3, -0.25) is 4.79 Å². The van der Waals surface area contributed by atoms with Crippen LogP contribution in [0.25, 0.3) is 0 Å². The zero-order chi connectivity index (χ0) is 15.5. The molecule has 0 aliphatic heterocycles. The molecule has 0 bridgehead atoms. The van der Waals surface area contributed by atoms with E-state index in [-0.39, 0.29) is 11.3 Å². The molecule has 0 saturated carbocycles. The lowest BCUT2D eigenvalue weighted by molar-refractivity contribution is 0.0923. The fourth-order valence-corrected chi connectivity index (χ4v) is 2.35. The molecule has 0 aromatic carbocycles. The molecule has 0 saturated heterocycles. The van der Waals surface area contributed by atoms with Crippen molar-refractivity contribution in [3.8, 4) is 0 Å². The maximum Gasteiger partial charge on any atom is 0.286 e. The van der Waals surface area contributed by atoms with Crippen LogP contribution in [0, 0.1) is 0 Å². The summed E-state index contributed by atoms with van der Waals surface area (Å²) in [5.41, 5.74) is 0. The Labute approximate surface area is 133 Å². The number of alkyl halides is 1. The van der Waals surface area contributed by atoms with Gasteiger partial charge in [0.1, 0.15) is 5.76 Å². The average molecular weight is 314 g/mol. The van der Waals surface area contributed by atoms with Crippen LogP contribution < -0.4 is 5.32 Å². The maximum absolute atomic E-state index is 11.8. The molecule has 0 spiro atoms. The molecule has 3 nitrogen and oxygen atoms in total. The zero-order valence-corrected chi connectivity index (χ0v) is 14.0. The van der Waals surface area contributed by atoms with E-state index in [2.05, 4.69) is 12.2 Å². The standard InChI is InChI=1S/C17H28ClNO2/c1-3-4-5-6-7-8-9-10-13-19-17(20)16-12-11-15(21-16)14(2)18/h11-12,14H,3-10,13H2,1-2H3,(H,19,20). The third kappa shape index (κ3) is 7.56. The first-order valence-corrected chi connectivity index (χ1v) is 8.60. The number of hydrogen-bond acceptors (Lipinski definition) is 2. The summed E-state index contributed by atoms with van der Waals surface area (Å²) < 4.78 is 5.40. The number of rotatable bonds is 11. The molecule has 1 heterocycles. The van der Waals surface area contributed by atoms with Crippen molar-refractivity contribution in [2.24, 2.45) is 0 Å². The molecule has 120 valence electrons. The van der Waals surface area contributed by atoms with Crippen molar-refractivity contribution in [3.63, 3.8) is 0 Å². The highest BCUT2D eigenvalue weighted by atomic mass is 35.5. The van der Waals surface area contributed by atoms with Crippen LogP contribution in [0.2, 0.25) is 0 Å². The molecule has 0 radical (unpaired) electrons. The smallest absolute Gasteiger partial charge is 0.286 e. The molecule has 1 atom stereocenters. The average Bonchev–Trinajstić information content (AvgIpc) is 2.95. The number of hydrogen-bond donors (Lipinski definition) is 1. The molecular formula is C17H28ClNO2. The van der Waals surface area contributed by atoms with E-state index in [1.807, 2.05) is 6.92 Å². The Hall–Kier alpha value is -0.960. The van der Waals surface area contributed by atoms with Crippen molar-refractivity contribution >= 4 is 17.5 Å². The van der Waals surface area contributed by atoms with Crippen molar-refractivity contribution in [3.05, 3.63) is 23.7 Å². The number of furan rings is 1. The predicted molar refractivity (Wildman–Crippen MR) is 87.9 cm³/mol. The highest BCUT2D eigenvalue weighted by Crippen LogP contribution is 2.21. The first-order chi connectivity index (χ1) is 10.1. The molecule has 1 unspecified atom stereocenters. The van der Waals surface area contributed by atoms with Crippen LogP contribution in [0.15, 0.2) is 16.5 Å². The van der Waals surface area contributed by atoms with Crippen molar-refractivity contribution < 1.29 is 9.21 Å². The highest BCUT2D eigenvalue weighted by Gasteiger charge is 2.12. The van der Waals surface area contributed by atoms with Crippen LogP contribution in [-0.2, 0) is 0 Å². The van der Waals surface area contributed by atoms with E-state index in [1.54, 1.807) is 12.1 Å². The maximum atomic E-state index is 11.8. The van der Waals surface area contributed by atoms with E-state index in [4.69, 9.17) is 16.0 Å². The summed E-state index contributed by atoms with van der Waals surface area (Å²) in [5.74, 6) is 0.826. The first-order valence-electron chi connectivity index (χ1n) is 8.17. The Morgan fingerprint density at radius 3 is 2.33 bits per heavy atom. The Morgan fingerprint density at radius 2 is 1.76 bits per heavy atom. The second kappa shape index (κ2) is 10.7. The highest BCUT2D eigenvalue weighted by molar-refractivity contribution is 6.20. The molecule has 1 aromatic heterocycles. The van der Waals surface area contributed by atoms with Crippen LogP contribution >= 0.6 is 11.6 Å². The summed E-state index contributed by atoms with van der Waals surface area (Å²) in [6.07, 6.45) is 10.1. The first kappa shape index (κ1) is 18.1. The van der Waals surface area contributed by atoms with Gasteiger partial charge in [-0.2, -0.15) is 0 Å². The second-order valence-electron chi connectivity index (χ2n) is 5.55. The van der Waals surface area contributed by atoms with E-state index < -0.39 is 0 Å². The van der Waals surface area contributed by atoms with Crippen LogP contribution in [0.5, 0.6) is 0 Å². The predicted octanol–water partition coefficient (Wildman–Crippen LogP) is 5.45. The minimum atomic E-state index is -0.209. The minimum absolute atomic E-state index is 0.151. The van der Waals surface area contributed by atoms with Gasteiger partial charge in [-0.25, -0.2) is 0 Å². The van der Waals surface area contributed by atoms with Gasteiger partial charge in [0.2, 0.25) is 0 Å². The molecule has 0 fully saturated rings. The van der Waals surface area contributed by atoms with Crippen molar-refractivity contribution in [1.82, 2.24) is 5.32 Å². The number of carbonyl (C=O) groups excluding carboxylic acids is 1. The van der Waals surface area contributed by atoms with Gasteiger partial charge in [0.15, 0.2) is 5.76 Å². The Bertz CT molecular complexity index is 401. The van der Waals surface area contributed by atoms with Crippen LogP contribution in [0.1, 0.15) is 86.9 Å². The zero-order valence-electron chi connectivity index (χ0n) is 13.3. The molecule has 21 heavy (non-hydrogen) atoms. The largest absolute Gasteiger partial charge is 0.454 e. The van der Waals surface area contributed by atoms with Crippen molar-refractivity contribution in [2.75, 3.05) is 6.54 Å². The molecule has 1 amide bonds. The summed E-state index contributed by atoms with van der Waals surface area (Å²) in [5, 5.41) is 2.68. The van der Waals surface area contributed by atoms with Crippen molar-refractivity contribution in [2.45, 2.75) is 70.6 Å². The Kier molecular flexibility index (Phi) is 9.24. The lowest BCUT2D eigenvalue weighted by Gasteiger charge is -2.04. The summed E-state index contributed by atoms with van der Waals surface area (Å²) in [6, 6.07) is 3.43. The van der Waals surface area contributed by atoms with E-state index in [9.17, 15) is 4.79 Å². The van der Waals surface area contributed by atoms with E-state index in [0.29, 0.717) is 18.1 Å². The quantitative estimate of drug-likeness (QED) is 0.436. The normalized spacial score (nSPS) is 12.3. The number of amides is 1. The second-order valence-corrected chi connectivity index (χ2v) is 6.20. The SMILES string of the molecule is CCCCCCCCCCNC(=O)c1ccc(C(C)Cl)o1. The van der Waals surface area contributed by atoms with Gasteiger partial charge in [0.25, 0.3) is 5.91 Å².